The first-order chi connectivity index (χ1) is 15.9. The highest BCUT2D eigenvalue weighted by atomic mass is 127. The third-order valence-corrected chi connectivity index (χ3v) is 5.47. The number of aromatic nitrogens is 2. The monoisotopic (exact) mass is 611 g/mol. The fourth-order valence-electron chi connectivity index (χ4n) is 3.59. The number of anilines is 1. The molecule has 2 fully saturated rings. The number of aromatic carboxylic acids is 1. The number of nitrogens with zero attached hydrogens (tertiary/aromatic N) is 4. The molecule has 0 bridgehead atoms. The van der Waals surface area contributed by atoms with Crippen molar-refractivity contribution in [3.05, 3.63) is 33.9 Å². The zero-order valence-corrected chi connectivity index (χ0v) is 21.0. The normalized spacial score (nSPS) is 19.3. The van der Waals surface area contributed by atoms with Crippen molar-refractivity contribution in [1.29, 1.82) is 0 Å². The maximum atomic E-state index is 14.9. The second-order valence-corrected chi connectivity index (χ2v) is 9.94. The lowest BCUT2D eigenvalue weighted by Gasteiger charge is -2.19. The van der Waals surface area contributed by atoms with E-state index in [-0.39, 0.29) is 34.4 Å². The van der Waals surface area contributed by atoms with E-state index in [0.29, 0.717) is 36.2 Å². The Kier molecular flexibility index (Phi) is 8.10. The largest absolute Gasteiger partial charge is 0.477 e. The molecule has 0 spiro atoms. The van der Waals surface area contributed by atoms with E-state index in [0.717, 1.165) is 18.9 Å². The van der Waals surface area contributed by atoms with Gasteiger partial charge in [0.05, 0.1) is 23.9 Å². The average Bonchev–Trinajstić information content (AvgIpc) is 3.50. The molecule has 0 aromatic carbocycles. The molecule has 2 aromatic rings. The van der Waals surface area contributed by atoms with Gasteiger partial charge in [-0.15, -0.1) is 0 Å². The number of hydrogen-bond donors (Lipinski definition) is 3. The Hall–Kier alpha value is -2.37. The van der Waals surface area contributed by atoms with E-state index < -0.39 is 27.3 Å². The van der Waals surface area contributed by atoms with Crippen molar-refractivity contribution in [3.63, 3.8) is 0 Å². The molecular weight excluding hydrogens is 588 g/mol. The third kappa shape index (κ3) is 6.19. The molecular formula is C19H23FIN5O7S. The molecule has 4 N–H and O–H groups in total. The molecule has 15 heteroatoms. The van der Waals surface area contributed by atoms with Crippen molar-refractivity contribution in [2.24, 2.45) is 16.8 Å². The van der Waals surface area contributed by atoms with E-state index in [1.165, 1.54) is 6.20 Å². The summed E-state index contributed by atoms with van der Waals surface area (Å²) < 4.78 is 42.9. The standard InChI is InChI=1S/C18H19FIN5O4.CH4O3S/c19-13-3-11-15(26)12(18(27)28)6-25(10-1-2-10)16(11)22-17(13)24-5-9(4-21)14(7-24)23-29-8-20;1-5(2,3)4/h3,6,9-10H,1-2,4-5,7-8,21H2,(H,27,28);1H3,(H,2,3,4). The Labute approximate surface area is 207 Å². The van der Waals surface area contributed by atoms with Gasteiger partial charge in [-0.3, -0.25) is 9.35 Å². The fourth-order valence-corrected chi connectivity index (χ4v) is 3.73. The van der Waals surface area contributed by atoms with Gasteiger partial charge in [0.25, 0.3) is 10.1 Å². The number of carboxylic acids is 1. The van der Waals surface area contributed by atoms with Crippen LogP contribution in [0.1, 0.15) is 29.2 Å². The zero-order chi connectivity index (χ0) is 25.2. The molecule has 0 amide bonds. The molecule has 1 saturated carbocycles. The predicted octanol–water partition coefficient (Wildman–Crippen LogP) is 1.23. The van der Waals surface area contributed by atoms with Crippen molar-refractivity contribution >= 4 is 61.2 Å². The second kappa shape index (κ2) is 10.5. The molecule has 0 radical (unpaired) electrons. The number of pyridine rings is 2. The van der Waals surface area contributed by atoms with Gasteiger partial charge in [-0.1, -0.05) is 5.16 Å². The summed E-state index contributed by atoms with van der Waals surface area (Å²) in [5.74, 6) is -2.02. The van der Waals surface area contributed by atoms with Crippen LogP contribution in [-0.2, 0) is 15.0 Å². The van der Waals surface area contributed by atoms with Crippen molar-refractivity contribution in [2.45, 2.75) is 18.9 Å². The van der Waals surface area contributed by atoms with Gasteiger partial charge in [0, 0.05) is 31.2 Å². The molecule has 12 nitrogen and oxygen atoms in total. The number of carboxylic acid groups (broad SMARTS) is 1. The molecule has 3 heterocycles. The molecule has 1 aliphatic heterocycles. The first-order valence-corrected chi connectivity index (χ1v) is 13.4. The number of fused-ring (bicyclic) bond motifs is 1. The molecule has 1 aliphatic carbocycles. The van der Waals surface area contributed by atoms with Crippen molar-refractivity contribution < 1.29 is 32.1 Å². The third-order valence-electron chi connectivity index (χ3n) is 5.19. The van der Waals surface area contributed by atoms with Crippen LogP contribution in [0, 0.1) is 11.7 Å². The maximum Gasteiger partial charge on any atom is 0.341 e. The number of alkyl halides is 1. The highest BCUT2D eigenvalue weighted by Gasteiger charge is 2.33. The van der Waals surface area contributed by atoms with Gasteiger partial charge >= 0.3 is 5.97 Å². The minimum atomic E-state index is -3.67. The zero-order valence-electron chi connectivity index (χ0n) is 18.0. The van der Waals surface area contributed by atoms with Crippen LogP contribution in [-0.4, -0.2) is 69.8 Å². The van der Waals surface area contributed by atoms with Crippen LogP contribution in [0.4, 0.5) is 10.2 Å². The summed E-state index contributed by atoms with van der Waals surface area (Å²) >= 11 is 2.03. The van der Waals surface area contributed by atoms with Crippen LogP contribution in [0.3, 0.4) is 0 Å². The van der Waals surface area contributed by atoms with Gasteiger partial charge < -0.3 is 25.1 Å². The first-order valence-electron chi connectivity index (χ1n) is 10.0. The van der Waals surface area contributed by atoms with E-state index in [1.54, 1.807) is 9.47 Å². The van der Waals surface area contributed by atoms with E-state index >= 15 is 0 Å². The molecule has 2 aliphatic rings. The molecule has 2 aromatic heterocycles. The number of oxime groups is 1. The number of halogens is 2. The van der Waals surface area contributed by atoms with Gasteiger partial charge in [0.2, 0.25) is 5.43 Å². The van der Waals surface area contributed by atoms with Gasteiger partial charge in [0.15, 0.2) is 16.2 Å². The van der Waals surface area contributed by atoms with Crippen molar-refractivity contribution in [1.82, 2.24) is 9.55 Å². The topological polar surface area (TPSA) is 177 Å². The van der Waals surface area contributed by atoms with Crippen LogP contribution < -0.4 is 16.1 Å². The lowest BCUT2D eigenvalue weighted by atomic mass is 10.1. The van der Waals surface area contributed by atoms with Crippen molar-refractivity contribution in [3.8, 4) is 0 Å². The van der Waals surface area contributed by atoms with E-state index in [2.05, 4.69) is 10.1 Å². The lowest BCUT2D eigenvalue weighted by Crippen LogP contribution is -2.26. The van der Waals surface area contributed by atoms with Crippen LogP contribution in [0.5, 0.6) is 0 Å². The fraction of sp³-hybridized carbons (Fsp3) is 0.474. The van der Waals surface area contributed by atoms with Crippen molar-refractivity contribution in [2.75, 3.05) is 35.4 Å². The summed E-state index contributed by atoms with van der Waals surface area (Å²) in [7, 11) is -3.67. The lowest BCUT2D eigenvalue weighted by molar-refractivity contribution is 0.0694. The maximum absolute atomic E-state index is 14.9. The number of rotatable bonds is 6. The van der Waals surface area contributed by atoms with E-state index in [4.69, 9.17) is 15.1 Å². The number of carbonyl (C=O) groups is 1. The average molecular weight is 611 g/mol. The SMILES string of the molecule is CS(=O)(=O)O.NCC1CN(c2nc3c(cc2F)c(=O)c(C(=O)O)cn3C2CC2)CC1=NOCI. The highest BCUT2D eigenvalue weighted by molar-refractivity contribution is 14.1. The van der Waals surface area contributed by atoms with Gasteiger partial charge in [0.1, 0.15) is 11.2 Å². The first kappa shape index (κ1) is 26.2. The molecule has 4 rings (SSSR count). The Morgan fingerprint density at radius 3 is 2.62 bits per heavy atom. The van der Waals surface area contributed by atoms with Gasteiger partial charge in [-0.05, 0) is 41.5 Å². The van der Waals surface area contributed by atoms with Crippen LogP contribution >= 0.6 is 22.6 Å². The summed E-state index contributed by atoms with van der Waals surface area (Å²) in [6.45, 7) is 1.08. The molecule has 186 valence electrons. The number of nitrogens with two attached hydrogens (primary N) is 1. The predicted molar refractivity (Wildman–Crippen MR) is 131 cm³/mol. The minimum absolute atomic E-state index is 0.0326. The Morgan fingerprint density at radius 2 is 2.09 bits per heavy atom. The highest BCUT2D eigenvalue weighted by Crippen LogP contribution is 2.37. The quantitative estimate of drug-likeness (QED) is 0.186. The minimum Gasteiger partial charge on any atom is -0.477 e. The van der Waals surface area contributed by atoms with Gasteiger partial charge in [-0.25, -0.2) is 14.2 Å². The summed E-state index contributed by atoms with van der Waals surface area (Å²) in [4.78, 5) is 35.3. The molecule has 1 atom stereocenters. The van der Waals surface area contributed by atoms with Crippen LogP contribution in [0.2, 0.25) is 0 Å². The summed E-state index contributed by atoms with van der Waals surface area (Å²) in [6.07, 6.45) is 3.74. The van der Waals surface area contributed by atoms with E-state index in [9.17, 15) is 27.5 Å². The Balaban J connectivity index is 0.000000588. The molecule has 1 unspecified atom stereocenters. The van der Waals surface area contributed by atoms with Gasteiger partial charge in [-0.2, -0.15) is 8.42 Å². The summed E-state index contributed by atoms with van der Waals surface area (Å²) in [5.41, 5.74) is 5.71. The summed E-state index contributed by atoms with van der Waals surface area (Å²) in [6, 6.07) is 1.14. The summed E-state index contributed by atoms with van der Waals surface area (Å²) in [5, 5.41) is 13.4. The smallest absolute Gasteiger partial charge is 0.341 e. The Morgan fingerprint density at radius 1 is 1.44 bits per heavy atom. The molecule has 1 saturated heterocycles. The second-order valence-electron chi connectivity index (χ2n) is 7.85. The number of hydrogen-bond acceptors (Lipinski definition) is 9. The van der Waals surface area contributed by atoms with Crippen LogP contribution in [0.15, 0.2) is 22.2 Å². The molecule has 34 heavy (non-hydrogen) atoms. The Bertz CT molecular complexity index is 1290. The van der Waals surface area contributed by atoms with E-state index in [1.807, 2.05) is 22.6 Å². The van der Waals surface area contributed by atoms with Crippen LogP contribution in [0.25, 0.3) is 11.0 Å².